The summed E-state index contributed by atoms with van der Waals surface area (Å²) >= 11 is 0. The van der Waals surface area contributed by atoms with Crippen LogP contribution < -0.4 is 4.72 Å². The molecule has 3 aromatic rings. The van der Waals surface area contributed by atoms with Crippen LogP contribution in [0.4, 0.5) is 0 Å². The molecule has 3 aromatic carbocycles. The van der Waals surface area contributed by atoms with E-state index in [1.165, 1.54) is 0 Å². The monoisotopic (exact) mass is 420 g/mol. The van der Waals surface area contributed by atoms with Crippen LogP contribution in [0.3, 0.4) is 0 Å². The minimum atomic E-state index is -3.55. The number of nitrogens with one attached hydrogen (secondary N) is 1. The van der Waals surface area contributed by atoms with Crippen LogP contribution >= 0.6 is 0 Å². The predicted molar refractivity (Wildman–Crippen MR) is 118 cm³/mol. The van der Waals surface area contributed by atoms with Gasteiger partial charge in [0, 0.05) is 24.7 Å². The minimum absolute atomic E-state index is 0.0150. The fourth-order valence-electron chi connectivity index (χ4n) is 3.80. The van der Waals surface area contributed by atoms with Gasteiger partial charge in [0.2, 0.25) is 10.0 Å². The maximum Gasteiger partial charge on any atom is 0.254 e. The van der Waals surface area contributed by atoms with Crippen molar-refractivity contribution in [2.75, 3.05) is 13.1 Å². The second-order valence-corrected chi connectivity index (χ2v) is 9.13. The molecule has 0 radical (unpaired) electrons. The Morgan fingerprint density at radius 3 is 2.03 bits per heavy atom. The van der Waals surface area contributed by atoms with Crippen LogP contribution in [0.25, 0.3) is 11.1 Å². The molecule has 0 unspecified atom stereocenters. The summed E-state index contributed by atoms with van der Waals surface area (Å²) < 4.78 is 27.9. The van der Waals surface area contributed by atoms with Crippen molar-refractivity contribution >= 4 is 15.9 Å². The molecule has 1 amide bonds. The number of sulfonamides is 1. The largest absolute Gasteiger partial charge is 0.339 e. The molecule has 0 aliphatic carbocycles. The average molecular weight is 421 g/mol. The van der Waals surface area contributed by atoms with E-state index in [0.29, 0.717) is 31.5 Å². The van der Waals surface area contributed by atoms with E-state index >= 15 is 0 Å². The number of hydrogen-bond donors (Lipinski definition) is 1. The number of piperidine rings is 1. The van der Waals surface area contributed by atoms with Crippen molar-refractivity contribution in [2.24, 2.45) is 0 Å². The second-order valence-electron chi connectivity index (χ2n) is 7.41. The van der Waals surface area contributed by atoms with E-state index in [9.17, 15) is 13.2 Å². The van der Waals surface area contributed by atoms with Gasteiger partial charge in [0.1, 0.15) is 0 Å². The number of benzene rings is 3. The van der Waals surface area contributed by atoms with Crippen molar-refractivity contribution in [3.8, 4) is 11.1 Å². The van der Waals surface area contributed by atoms with Gasteiger partial charge in [-0.05, 0) is 42.2 Å². The van der Waals surface area contributed by atoms with Gasteiger partial charge in [-0.25, -0.2) is 13.1 Å². The van der Waals surface area contributed by atoms with Crippen molar-refractivity contribution in [2.45, 2.75) is 23.8 Å². The molecule has 154 valence electrons. The average Bonchev–Trinajstić information content (AvgIpc) is 2.80. The van der Waals surface area contributed by atoms with Crippen LogP contribution in [0, 0.1) is 0 Å². The maximum atomic E-state index is 13.2. The molecule has 0 aromatic heterocycles. The first-order valence-electron chi connectivity index (χ1n) is 10.1. The van der Waals surface area contributed by atoms with Crippen molar-refractivity contribution in [3.05, 3.63) is 90.5 Å². The van der Waals surface area contributed by atoms with E-state index in [1.54, 1.807) is 30.3 Å². The summed E-state index contributed by atoms with van der Waals surface area (Å²) in [5.41, 5.74) is 2.59. The molecule has 1 aliphatic rings. The Morgan fingerprint density at radius 1 is 0.800 bits per heavy atom. The standard InChI is InChI=1S/C24H24N2O3S/c27-24(23-14-8-7-13-22(23)19-9-3-1-4-10-19)26-17-15-20(16-18-26)25-30(28,29)21-11-5-2-6-12-21/h1-14,20,25H,15-18H2. The Morgan fingerprint density at radius 2 is 1.37 bits per heavy atom. The number of amides is 1. The Labute approximate surface area is 177 Å². The third-order valence-corrected chi connectivity index (χ3v) is 6.94. The zero-order chi connectivity index (χ0) is 21.0. The lowest BCUT2D eigenvalue weighted by Crippen LogP contribution is -2.46. The predicted octanol–water partition coefficient (Wildman–Crippen LogP) is 3.94. The highest BCUT2D eigenvalue weighted by Gasteiger charge is 2.28. The molecular weight excluding hydrogens is 396 g/mol. The summed E-state index contributed by atoms with van der Waals surface area (Å²) in [7, 11) is -3.55. The molecule has 0 spiro atoms. The van der Waals surface area contributed by atoms with Crippen LogP contribution in [0.15, 0.2) is 89.8 Å². The first kappa shape index (κ1) is 20.3. The summed E-state index contributed by atoms with van der Waals surface area (Å²) in [5, 5.41) is 0. The van der Waals surface area contributed by atoms with Crippen molar-refractivity contribution < 1.29 is 13.2 Å². The van der Waals surface area contributed by atoms with Crippen LogP contribution in [0.2, 0.25) is 0 Å². The van der Waals surface area contributed by atoms with Crippen LogP contribution in [0.5, 0.6) is 0 Å². The molecule has 4 rings (SSSR count). The van der Waals surface area contributed by atoms with Gasteiger partial charge in [-0.2, -0.15) is 0 Å². The molecule has 1 fully saturated rings. The van der Waals surface area contributed by atoms with E-state index in [0.717, 1.165) is 11.1 Å². The Kier molecular flexibility index (Phi) is 5.97. The van der Waals surface area contributed by atoms with Crippen molar-refractivity contribution in [3.63, 3.8) is 0 Å². The molecular formula is C24H24N2O3S. The van der Waals surface area contributed by atoms with Crippen LogP contribution in [0.1, 0.15) is 23.2 Å². The number of nitrogens with zero attached hydrogens (tertiary/aromatic N) is 1. The topological polar surface area (TPSA) is 66.5 Å². The molecule has 1 aliphatic heterocycles. The molecule has 1 heterocycles. The van der Waals surface area contributed by atoms with Gasteiger partial charge in [-0.15, -0.1) is 0 Å². The highest BCUT2D eigenvalue weighted by molar-refractivity contribution is 7.89. The van der Waals surface area contributed by atoms with Crippen LogP contribution in [-0.4, -0.2) is 38.4 Å². The second kappa shape index (κ2) is 8.81. The molecule has 5 nitrogen and oxygen atoms in total. The maximum absolute atomic E-state index is 13.2. The Balaban J connectivity index is 1.44. The molecule has 1 N–H and O–H groups in total. The zero-order valence-corrected chi connectivity index (χ0v) is 17.4. The lowest BCUT2D eigenvalue weighted by Gasteiger charge is -2.32. The summed E-state index contributed by atoms with van der Waals surface area (Å²) in [6, 6.07) is 25.7. The molecule has 6 heteroatoms. The summed E-state index contributed by atoms with van der Waals surface area (Å²) in [6.07, 6.45) is 1.18. The van der Waals surface area contributed by atoms with Gasteiger partial charge < -0.3 is 4.90 Å². The zero-order valence-electron chi connectivity index (χ0n) is 16.6. The number of rotatable bonds is 5. The van der Waals surface area contributed by atoms with Gasteiger partial charge in [-0.1, -0.05) is 66.7 Å². The fourth-order valence-corrected chi connectivity index (χ4v) is 5.12. The molecule has 0 bridgehead atoms. The van der Waals surface area contributed by atoms with Gasteiger partial charge in [-0.3, -0.25) is 4.79 Å². The smallest absolute Gasteiger partial charge is 0.254 e. The molecule has 0 atom stereocenters. The lowest BCUT2D eigenvalue weighted by atomic mass is 9.97. The van der Waals surface area contributed by atoms with Gasteiger partial charge in [0.25, 0.3) is 5.91 Å². The number of hydrogen-bond acceptors (Lipinski definition) is 3. The molecule has 0 saturated carbocycles. The SMILES string of the molecule is O=C(c1ccccc1-c1ccccc1)N1CCC(NS(=O)(=O)c2ccccc2)CC1. The van der Waals surface area contributed by atoms with E-state index in [2.05, 4.69) is 4.72 Å². The van der Waals surface area contributed by atoms with E-state index in [4.69, 9.17) is 0 Å². The molecule has 1 saturated heterocycles. The minimum Gasteiger partial charge on any atom is -0.339 e. The highest BCUT2D eigenvalue weighted by atomic mass is 32.2. The first-order valence-corrected chi connectivity index (χ1v) is 11.5. The number of carbonyl (C=O) groups is 1. The quantitative estimate of drug-likeness (QED) is 0.680. The number of carbonyl (C=O) groups excluding carboxylic acids is 1. The summed E-state index contributed by atoms with van der Waals surface area (Å²) in [5.74, 6) is -0.0150. The Bertz CT molecular complexity index is 1110. The van der Waals surface area contributed by atoms with E-state index < -0.39 is 10.0 Å². The highest BCUT2D eigenvalue weighted by Crippen LogP contribution is 2.26. The van der Waals surface area contributed by atoms with E-state index in [-0.39, 0.29) is 16.8 Å². The van der Waals surface area contributed by atoms with Gasteiger partial charge in [0.15, 0.2) is 0 Å². The third-order valence-electron chi connectivity index (χ3n) is 5.40. The van der Waals surface area contributed by atoms with Crippen LogP contribution in [-0.2, 0) is 10.0 Å². The molecule has 30 heavy (non-hydrogen) atoms. The first-order chi connectivity index (χ1) is 14.5. The van der Waals surface area contributed by atoms with Crippen molar-refractivity contribution in [1.29, 1.82) is 0 Å². The third kappa shape index (κ3) is 4.45. The summed E-state index contributed by atoms with van der Waals surface area (Å²) in [4.78, 5) is 15.3. The Hall–Kier alpha value is -2.96. The lowest BCUT2D eigenvalue weighted by molar-refractivity contribution is 0.0712. The number of likely N-dealkylation sites (tertiary alicyclic amines) is 1. The van der Waals surface area contributed by atoms with E-state index in [1.807, 2.05) is 59.5 Å². The van der Waals surface area contributed by atoms with Crippen molar-refractivity contribution in [1.82, 2.24) is 9.62 Å². The van der Waals surface area contributed by atoms with Gasteiger partial charge in [0.05, 0.1) is 4.90 Å². The summed E-state index contributed by atoms with van der Waals surface area (Å²) in [6.45, 7) is 1.04. The fraction of sp³-hybridized carbons (Fsp3) is 0.208. The van der Waals surface area contributed by atoms with Gasteiger partial charge >= 0.3 is 0 Å². The normalized spacial score (nSPS) is 15.1.